The fourth-order valence-corrected chi connectivity index (χ4v) is 3.52. The van der Waals surface area contributed by atoms with E-state index < -0.39 is 0 Å². The van der Waals surface area contributed by atoms with E-state index in [-0.39, 0.29) is 0 Å². The Morgan fingerprint density at radius 3 is 2.82 bits per heavy atom. The SMILES string of the molecule is CCC1CN(c2cc(Cl)c(Cl)cc2N)CCS1. The van der Waals surface area contributed by atoms with Gasteiger partial charge in [0, 0.05) is 24.1 Å². The molecule has 2 nitrogen and oxygen atoms in total. The van der Waals surface area contributed by atoms with E-state index in [2.05, 4.69) is 11.8 Å². The standard InChI is InChI=1S/C12H16Cl2N2S/c1-2-8-7-16(3-4-17-8)12-6-10(14)9(13)5-11(12)15/h5-6,8H,2-4,7,15H2,1H3. The lowest BCUT2D eigenvalue weighted by Crippen LogP contribution is -2.38. The molecule has 1 heterocycles. The average molecular weight is 291 g/mol. The molecule has 1 fully saturated rings. The summed E-state index contributed by atoms with van der Waals surface area (Å²) >= 11 is 14.0. The molecule has 0 aliphatic carbocycles. The van der Waals surface area contributed by atoms with Gasteiger partial charge in [-0.05, 0) is 18.6 Å². The van der Waals surface area contributed by atoms with Crippen LogP contribution in [0.3, 0.4) is 0 Å². The van der Waals surface area contributed by atoms with Crippen LogP contribution in [-0.2, 0) is 0 Å². The van der Waals surface area contributed by atoms with Crippen LogP contribution in [-0.4, -0.2) is 24.1 Å². The van der Waals surface area contributed by atoms with Gasteiger partial charge in [-0.15, -0.1) is 0 Å². The van der Waals surface area contributed by atoms with E-state index in [1.165, 1.54) is 6.42 Å². The van der Waals surface area contributed by atoms with E-state index in [1.807, 2.05) is 17.8 Å². The fraction of sp³-hybridized carbons (Fsp3) is 0.500. The third-order valence-corrected chi connectivity index (χ3v) is 5.10. The normalized spacial score (nSPS) is 20.6. The lowest BCUT2D eigenvalue weighted by molar-refractivity contribution is 0.729. The second-order valence-electron chi connectivity index (χ2n) is 4.17. The van der Waals surface area contributed by atoms with Crippen LogP contribution in [0.2, 0.25) is 10.0 Å². The topological polar surface area (TPSA) is 29.3 Å². The molecule has 0 aromatic heterocycles. The summed E-state index contributed by atoms with van der Waals surface area (Å²) in [4.78, 5) is 2.31. The first-order chi connectivity index (χ1) is 8.11. The van der Waals surface area contributed by atoms with Crippen LogP contribution in [0, 0.1) is 0 Å². The molecule has 94 valence electrons. The Morgan fingerprint density at radius 2 is 2.12 bits per heavy atom. The molecule has 2 N–H and O–H groups in total. The Balaban J connectivity index is 2.24. The molecule has 5 heteroatoms. The highest BCUT2D eigenvalue weighted by Gasteiger charge is 2.21. The van der Waals surface area contributed by atoms with Crippen molar-refractivity contribution in [2.45, 2.75) is 18.6 Å². The van der Waals surface area contributed by atoms with E-state index in [1.54, 1.807) is 6.07 Å². The van der Waals surface area contributed by atoms with Crippen molar-refractivity contribution in [2.75, 3.05) is 29.5 Å². The maximum atomic E-state index is 6.06. The molecule has 2 rings (SSSR count). The molecular formula is C12H16Cl2N2S. The third kappa shape index (κ3) is 2.95. The van der Waals surface area contributed by atoms with Crippen LogP contribution < -0.4 is 10.6 Å². The van der Waals surface area contributed by atoms with Crippen molar-refractivity contribution < 1.29 is 0 Å². The van der Waals surface area contributed by atoms with Gasteiger partial charge >= 0.3 is 0 Å². The predicted octanol–water partition coefficient (Wildman–Crippen LogP) is 3.91. The maximum absolute atomic E-state index is 6.06. The van der Waals surface area contributed by atoms with Gasteiger partial charge in [-0.25, -0.2) is 0 Å². The molecule has 1 aromatic carbocycles. The van der Waals surface area contributed by atoms with Crippen LogP contribution >= 0.6 is 35.0 Å². The lowest BCUT2D eigenvalue weighted by atomic mass is 10.2. The molecule has 0 saturated carbocycles. The minimum absolute atomic E-state index is 0.520. The van der Waals surface area contributed by atoms with Gasteiger partial charge in [-0.1, -0.05) is 30.1 Å². The summed E-state index contributed by atoms with van der Waals surface area (Å²) in [6.45, 7) is 4.27. The quantitative estimate of drug-likeness (QED) is 0.838. The minimum Gasteiger partial charge on any atom is -0.397 e. The minimum atomic E-state index is 0.520. The van der Waals surface area contributed by atoms with Gasteiger partial charge in [0.15, 0.2) is 0 Å². The van der Waals surface area contributed by atoms with Crippen molar-refractivity contribution in [3.63, 3.8) is 0 Å². The van der Waals surface area contributed by atoms with Crippen molar-refractivity contribution >= 4 is 46.3 Å². The first-order valence-corrected chi connectivity index (χ1v) is 7.53. The molecule has 1 unspecified atom stereocenters. The van der Waals surface area contributed by atoms with E-state index in [0.29, 0.717) is 21.0 Å². The number of benzene rings is 1. The summed E-state index contributed by atoms with van der Waals surface area (Å²) in [5, 5.41) is 1.77. The Kier molecular flexibility index (Phi) is 4.34. The Hall–Kier alpha value is -0.250. The Morgan fingerprint density at radius 1 is 1.41 bits per heavy atom. The average Bonchev–Trinajstić information content (AvgIpc) is 2.34. The number of nitrogens with two attached hydrogens (primary N) is 1. The lowest BCUT2D eigenvalue weighted by Gasteiger charge is -2.34. The molecule has 1 aromatic rings. The zero-order chi connectivity index (χ0) is 12.4. The summed E-state index contributed by atoms with van der Waals surface area (Å²) in [6, 6.07) is 3.61. The van der Waals surface area contributed by atoms with Crippen LogP contribution in [0.5, 0.6) is 0 Å². The van der Waals surface area contributed by atoms with Gasteiger partial charge in [0.05, 0.1) is 21.4 Å². The van der Waals surface area contributed by atoms with Gasteiger partial charge in [0.1, 0.15) is 0 Å². The van der Waals surface area contributed by atoms with Crippen LogP contribution in [0.25, 0.3) is 0 Å². The first-order valence-electron chi connectivity index (χ1n) is 5.73. The third-order valence-electron chi connectivity index (χ3n) is 3.00. The number of anilines is 2. The van der Waals surface area contributed by atoms with Gasteiger partial charge in [0.2, 0.25) is 0 Å². The molecule has 0 radical (unpaired) electrons. The number of nitrogen functional groups attached to an aromatic ring is 1. The van der Waals surface area contributed by atoms with Crippen molar-refractivity contribution in [1.29, 1.82) is 0 Å². The summed E-state index contributed by atoms with van der Waals surface area (Å²) in [5.41, 5.74) is 7.74. The van der Waals surface area contributed by atoms with Gasteiger partial charge < -0.3 is 10.6 Å². The number of nitrogens with zero attached hydrogens (tertiary/aromatic N) is 1. The van der Waals surface area contributed by atoms with Crippen molar-refractivity contribution in [1.82, 2.24) is 0 Å². The molecule has 17 heavy (non-hydrogen) atoms. The van der Waals surface area contributed by atoms with E-state index in [0.717, 1.165) is 24.5 Å². The molecule has 1 aliphatic rings. The highest BCUT2D eigenvalue weighted by Crippen LogP contribution is 2.35. The summed E-state index contributed by atoms with van der Waals surface area (Å²) in [5.74, 6) is 1.14. The molecule has 0 bridgehead atoms. The van der Waals surface area contributed by atoms with E-state index in [4.69, 9.17) is 28.9 Å². The van der Waals surface area contributed by atoms with Gasteiger partial charge in [0.25, 0.3) is 0 Å². The van der Waals surface area contributed by atoms with Crippen LogP contribution in [0.4, 0.5) is 11.4 Å². The molecule has 1 aliphatic heterocycles. The molecule has 1 saturated heterocycles. The number of rotatable bonds is 2. The van der Waals surface area contributed by atoms with Crippen LogP contribution in [0.1, 0.15) is 13.3 Å². The molecular weight excluding hydrogens is 275 g/mol. The van der Waals surface area contributed by atoms with Crippen molar-refractivity contribution in [3.8, 4) is 0 Å². The molecule has 0 amide bonds. The fourth-order valence-electron chi connectivity index (χ4n) is 2.01. The molecule has 0 spiro atoms. The van der Waals surface area contributed by atoms with Crippen molar-refractivity contribution in [3.05, 3.63) is 22.2 Å². The Bertz CT molecular complexity index is 412. The second kappa shape index (κ2) is 5.59. The summed E-state index contributed by atoms with van der Waals surface area (Å²) in [7, 11) is 0. The number of thioether (sulfide) groups is 1. The predicted molar refractivity (Wildman–Crippen MR) is 79.6 cm³/mol. The largest absolute Gasteiger partial charge is 0.397 e. The molecule has 1 atom stereocenters. The summed E-state index contributed by atoms with van der Waals surface area (Å²) < 4.78 is 0. The summed E-state index contributed by atoms with van der Waals surface area (Å²) in [6.07, 6.45) is 1.18. The second-order valence-corrected chi connectivity index (χ2v) is 6.39. The van der Waals surface area contributed by atoms with E-state index in [9.17, 15) is 0 Å². The zero-order valence-corrected chi connectivity index (χ0v) is 12.1. The number of hydrogen-bond donors (Lipinski definition) is 1. The van der Waals surface area contributed by atoms with Gasteiger partial charge in [-0.3, -0.25) is 0 Å². The monoisotopic (exact) mass is 290 g/mol. The van der Waals surface area contributed by atoms with Gasteiger partial charge in [-0.2, -0.15) is 11.8 Å². The maximum Gasteiger partial charge on any atom is 0.0616 e. The zero-order valence-electron chi connectivity index (χ0n) is 9.75. The highest BCUT2D eigenvalue weighted by molar-refractivity contribution is 8.00. The van der Waals surface area contributed by atoms with Crippen LogP contribution in [0.15, 0.2) is 12.1 Å². The highest BCUT2D eigenvalue weighted by atomic mass is 35.5. The number of halogens is 2. The smallest absolute Gasteiger partial charge is 0.0616 e. The first kappa shape index (κ1) is 13.2. The Labute approximate surface area is 116 Å². The van der Waals surface area contributed by atoms with Crippen molar-refractivity contribution in [2.24, 2.45) is 0 Å². The number of hydrogen-bond acceptors (Lipinski definition) is 3. The van der Waals surface area contributed by atoms with E-state index >= 15 is 0 Å².